The molecule has 0 radical (unpaired) electrons. The monoisotopic (exact) mass is 170 g/mol. The Morgan fingerprint density at radius 3 is 2.50 bits per heavy atom. The molecule has 0 bridgehead atoms. The van der Waals surface area contributed by atoms with Crippen LogP contribution in [0.1, 0.15) is 28.5 Å². The Morgan fingerprint density at radius 1 is 1.50 bits per heavy atom. The maximum atomic E-state index is 5.03. The van der Waals surface area contributed by atoms with Crippen LogP contribution in [-0.2, 0) is 0 Å². The van der Waals surface area contributed by atoms with Gasteiger partial charge in [0.2, 0.25) is 0 Å². The summed E-state index contributed by atoms with van der Waals surface area (Å²) in [7, 11) is 0. The fourth-order valence-electron chi connectivity index (χ4n) is 0.516. The summed E-state index contributed by atoms with van der Waals surface area (Å²) in [5.74, 6) is 2.59. The second-order valence-corrected chi connectivity index (χ2v) is 1.74. The van der Waals surface area contributed by atoms with Gasteiger partial charge in [0, 0.05) is 6.42 Å². The summed E-state index contributed by atoms with van der Waals surface area (Å²) >= 11 is 0. The van der Waals surface area contributed by atoms with Gasteiger partial charge in [0.05, 0.1) is 0 Å². The number of rotatable bonds is 4. The molecular weight excluding hydrogens is 156 g/mol. The second kappa shape index (κ2) is 16.2. The van der Waals surface area contributed by atoms with Gasteiger partial charge in [-0.1, -0.05) is 6.08 Å². The van der Waals surface area contributed by atoms with Crippen molar-refractivity contribution in [3.8, 4) is 12.3 Å². The van der Waals surface area contributed by atoms with E-state index in [2.05, 4.69) is 12.5 Å². The SMILES string of the molecule is C#CCCCCC=C.Cl.[H-].[H-].[Mg+2]. The van der Waals surface area contributed by atoms with Crippen molar-refractivity contribution in [3.05, 3.63) is 12.7 Å². The van der Waals surface area contributed by atoms with E-state index in [-0.39, 0.29) is 38.3 Å². The van der Waals surface area contributed by atoms with E-state index in [1.54, 1.807) is 0 Å². The van der Waals surface area contributed by atoms with E-state index in [4.69, 9.17) is 6.42 Å². The maximum Gasteiger partial charge on any atom is 2.00 e. The van der Waals surface area contributed by atoms with E-state index >= 15 is 0 Å². The van der Waals surface area contributed by atoms with Gasteiger partial charge in [-0.05, 0) is 19.3 Å². The van der Waals surface area contributed by atoms with Crippen LogP contribution in [0.5, 0.6) is 0 Å². The molecule has 0 aliphatic rings. The first-order chi connectivity index (χ1) is 3.91. The van der Waals surface area contributed by atoms with Crippen molar-refractivity contribution in [1.29, 1.82) is 0 Å². The van der Waals surface area contributed by atoms with E-state index in [0.29, 0.717) is 0 Å². The summed E-state index contributed by atoms with van der Waals surface area (Å²) in [6.07, 6.45) is 11.3. The van der Waals surface area contributed by atoms with Crippen LogP contribution in [0.15, 0.2) is 12.7 Å². The van der Waals surface area contributed by atoms with E-state index in [1.165, 1.54) is 6.42 Å². The Labute approximate surface area is 89.0 Å². The van der Waals surface area contributed by atoms with Crippen molar-refractivity contribution in [2.75, 3.05) is 0 Å². The zero-order valence-corrected chi connectivity index (χ0v) is 8.54. The Balaban J connectivity index is -0.0000000408. The smallest absolute Gasteiger partial charge is 1.00 e. The van der Waals surface area contributed by atoms with Crippen LogP contribution in [0.25, 0.3) is 0 Å². The van der Waals surface area contributed by atoms with Crippen molar-refractivity contribution >= 4 is 35.5 Å². The predicted molar refractivity (Wildman–Crippen MR) is 52.7 cm³/mol. The molecule has 0 unspecified atom stereocenters. The van der Waals surface area contributed by atoms with Crippen LogP contribution in [0.4, 0.5) is 0 Å². The number of hydrogen-bond acceptors (Lipinski definition) is 0. The maximum absolute atomic E-state index is 5.03. The molecule has 0 aliphatic carbocycles. The van der Waals surface area contributed by atoms with Gasteiger partial charge in [-0.15, -0.1) is 31.3 Å². The summed E-state index contributed by atoms with van der Waals surface area (Å²) in [4.78, 5) is 0. The molecule has 0 amide bonds. The van der Waals surface area contributed by atoms with Gasteiger partial charge >= 0.3 is 23.1 Å². The minimum Gasteiger partial charge on any atom is -1.00 e. The van der Waals surface area contributed by atoms with Gasteiger partial charge in [-0.25, -0.2) is 0 Å². The van der Waals surface area contributed by atoms with Crippen LogP contribution in [0.3, 0.4) is 0 Å². The topological polar surface area (TPSA) is 0 Å². The van der Waals surface area contributed by atoms with Crippen LogP contribution in [0, 0.1) is 12.3 Å². The molecule has 0 atom stereocenters. The first-order valence-corrected chi connectivity index (χ1v) is 2.96. The third kappa shape index (κ3) is 15.8. The number of allylic oxidation sites excluding steroid dienone is 1. The van der Waals surface area contributed by atoms with E-state index in [0.717, 1.165) is 19.3 Å². The minimum absolute atomic E-state index is 0. The van der Waals surface area contributed by atoms with Gasteiger partial charge in [0.1, 0.15) is 0 Å². The van der Waals surface area contributed by atoms with E-state index in [9.17, 15) is 0 Å². The standard InChI is InChI=1S/C8H12.ClH.Mg.2H/c1-3-5-7-8-6-4-2;;;;/h1,4H,2,5-8H2;1H;;;/q;;+2;2*-1. The van der Waals surface area contributed by atoms with Crippen LogP contribution >= 0.6 is 12.4 Å². The van der Waals surface area contributed by atoms with Crippen LogP contribution in [0.2, 0.25) is 0 Å². The Bertz CT molecular complexity index is 102. The zero-order chi connectivity index (χ0) is 6.24. The van der Waals surface area contributed by atoms with Gasteiger partial charge in [-0.3, -0.25) is 0 Å². The molecule has 10 heavy (non-hydrogen) atoms. The molecule has 0 aliphatic heterocycles. The third-order valence-corrected chi connectivity index (χ3v) is 0.979. The first kappa shape index (κ1) is 16.8. The molecule has 0 fully saturated rings. The molecule has 0 saturated carbocycles. The van der Waals surface area contributed by atoms with Crippen molar-refractivity contribution < 1.29 is 2.85 Å². The largest absolute Gasteiger partial charge is 2.00 e. The fourth-order valence-corrected chi connectivity index (χ4v) is 0.516. The zero-order valence-electron chi connectivity index (χ0n) is 8.31. The van der Waals surface area contributed by atoms with Crippen molar-refractivity contribution in [3.63, 3.8) is 0 Å². The average Bonchev–Trinajstić information content (AvgIpc) is 1.81. The number of terminal acetylenes is 1. The third-order valence-electron chi connectivity index (χ3n) is 0.979. The molecule has 0 aromatic rings. The van der Waals surface area contributed by atoms with E-state index in [1.807, 2.05) is 6.08 Å². The predicted octanol–water partition coefficient (Wildman–Crippen LogP) is 2.63. The molecule has 0 aromatic heterocycles. The number of hydrogen-bond donors (Lipinski definition) is 0. The molecule has 0 nitrogen and oxygen atoms in total. The normalized spacial score (nSPS) is 6.30. The Morgan fingerprint density at radius 2 is 2.10 bits per heavy atom. The van der Waals surface area contributed by atoms with Crippen LogP contribution in [-0.4, -0.2) is 23.1 Å². The number of unbranched alkanes of at least 4 members (excludes halogenated alkanes) is 3. The minimum atomic E-state index is 0. The molecule has 2 heteroatoms. The first-order valence-electron chi connectivity index (χ1n) is 2.96. The average molecular weight is 171 g/mol. The van der Waals surface area contributed by atoms with Crippen molar-refractivity contribution in [2.45, 2.75) is 25.7 Å². The van der Waals surface area contributed by atoms with E-state index < -0.39 is 0 Å². The Hall–Kier alpha value is 0.356. The molecule has 56 valence electrons. The van der Waals surface area contributed by atoms with Gasteiger partial charge in [0.15, 0.2) is 0 Å². The molecule has 0 rings (SSSR count). The van der Waals surface area contributed by atoms with Gasteiger partial charge in [0.25, 0.3) is 0 Å². The fraction of sp³-hybridized carbons (Fsp3) is 0.500. The number of halogens is 1. The summed E-state index contributed by atoms with van der Waals surface area (Å²) in [6.45, 7) is 3.61. The second-order valence-electron chi connectivity index (χ2n) is 1.74. The van der Waals surface area contributed by atoms with Crippen LogP contribution < -0.4 is 0 Å². The summed E-state index contributed by atoms with van der Waals surface area (Å²) < 4.78 is 0. The summed E-state index contributed by atoms with van der Waals surface area (Å²) in [5, 5.41) is 0. The quantitative estimate of drug-likeness (QED) is 0.264. The molecule has 0 spiro atoms. The van der Waals surface area contributed by atoms with Crippen molar-refractivity contribution in [2.24, 2.45) is 0 Å². The van der Waals surface area contributed by atoms with Gasteiger partial charge in [-0.2, -0.15) is 0 Å². The van der Waals surface area contributed by atoms with Crippen molar-refractivity contribution in [1.82, 2.24) is 0 Å². The molecule has 0 saturated heterocycles. The molecule has 0 N–H and O–H groups in total. The summed E-state index contributed by atoms with van der Waals surface area (Å²) in [6, 6.07) is 0. The Kier molecular flexibility index (Phi) is 27.1. The molecule has 0 heterocycles. The van der Waals surface area contributed by atoms with Gasteiger partial charge < -0.3 is 2.85 Å². The molecular formula is C8H15ClMg. The molecule has 0 aromatic carbocycles. The summed E-state index contributed by atoms with van der Waals surface area (Å²) in [5.41, 5.74) is 0.